The van der Waals surface area contributed by atoms with E-state index < -0.39 is 24.0 Å². The maximum atomic E-state index is 11.7. The van der Waals surface area contributed by atoms with Crippen molar-refractivity contribution in [2.45, 2.75) is 13.0 Å². The number of hydrogen-bond donors (Lipinski definition) is 3. The number of primary amides is 1. The first-order valence-corrected chi connectivity index (χ1v) is 5.49. The smallest absolute Gasteiger partial charge is 0.342 e. The molecule has 4 N–H and O–H groups in total. The first-order chi connectivity index (χ1) is 8.81. The minimum absolute atomic E-state index is 0.150. The highest BCUT2D eigenvalue weighted by atomic mass is 35.5. The summed E-state index contributed by atoms with van der Waals surface area (Å²) in [5.74, 6) is -2.17. The van der Waals surface area contributed by atoms with Gasteiger partial charge in [-0.3, -0.25) is 10.1 Å². The Morgan fingerprint density at radius 3 is 2.58 bits per heavy atom. The van der Waals surface area contributed by atoms with Gasteiger partial charge in [0.25, 0.3) is 5.91 Å². The molecule has 8 heteroatoms. The van der Waals surface area contributed by atoms with Crippen molar-refractivity contribution >= 4 is 29.5 Å². The molecule has 0 saturated carbocycles. The molecule has 19 heavy (non-hydrogen) atoms. The summed E-state index contributed by atoms with van der Waals surface area (Å²) in [4.78, 5) is 33.4. The monoisotopic (exact) mass is 286 g/mol. The average molecular weight is 287 g/mol. The molecular formula is C11H11ClN2O5. The molecule has 0 aliphatic heterocycles. The van der Waals surface area contributed by atoms with Gasteiger partial charge in [-0.15, -0.1) is 0 Å². The highest BCUT2D eigenvalue weighted by molar-refractivity contribution is 6.30. The minimum Gasteiger partial charge on any atom is -0.507 e. The topological polar surface area (TPSA) is 119 Å². The number of urea groups is 1. The van der Waals surface area contributed by atoms with E-state index >= 15 is 0 Å². The van der Waals surface area contributed by atoms with Crippen molar-refractivity contribution in [1.29, 1.82) is 0 Å². The van der Waals surface area contributed by atoms with Gasteiger partial charge in [-0.05, 0) is 25.1 Å². The van der Waals surface area contributed by atoms with E-state index in [4.69, 9.17) is 22.1 Å². The Bertz CT molecular complexity index is 532. The first-order valence-electron chi connectivity index (χ1n) is 5.11. The average Bonchev–Trinajstić information content (AvgIpc) is 2.27. The van der Waals surface area contributed by atoms with Gasteiger partial charge in [-0.2, -0.15) is 0 Å². The fourth-order valence-electron chi connectivity index (χ4n) is 1.18. The van der Waals surface area contributed by atoms with E-state index in [1.807, 2.05) is 0 Å². The van der Waals surface area contributed by atoms with Crippen LogP contribution in [0.4, 0.5) is 4.79 Å². The van der Waals surface area contributed by atoms with Crippen molar-refractivity contribution in [3.05, 3.63) is 28.8 Å². The lowest BCUT2D eigenvalue weighted by Gasteiger charge is -2.12. The number of halogens is 1. The van der Waals surface area contributed by atoms with Crippen molar-refractivity contribution < 1.29 is 24.2 Å². The number of phenols is 1. The summed E-state index contributed by atoms with van der Waals surface area (Å²) in [5.41, 5.74) is 4.60. The van der Waals surface area contributed by atoms with Gasteiger partial charge in [0.1, 0.15) is 11.3 Å². The van der Waals surface area contributed by atoms with E-state index in [0.717, 1.165) is 6.07 Å². The van der Waals surface area contributed by atoms with Crippen LogP contribution in [-0.4, -0.2) is 29.1 Å². The molecule has 102 valence electrons. The first kappa shape index (κ1) is 14.8. The summed E-state index contributed by atoms with van der Waals surface area (Å²) in [5, 5.41) is 11.5. The van der Waals surface area contributed by atoms with Gasteiger partial charge in [0.2, 0.25) is 0 Å². The molecule has 0 aliphatic rings. The summed E-state index contributed by atoms with van der Waals surface area (Å²) in [6, 6.07) is 2.74. The van der Waals surface area contributed by atoms with Crippen LogP contribution in [0.5, 0.6) is 5.75 Å². The van der Waals surface area contributed by atoms with Gasteiger partial charge in [0, 0.05) is 5.02 Å². The van der Waals surface area contributed by atoms with Gasteiger partial charge >= 0.3 is 12.0 Å². The van der Waals surface area contributed by atoms with Gasteiger partial charge in [0.05, 0.1) is 0 Å². The third-order valence-corrected chi connectivity index (χ3v) is 2.31. The predicted octanol–water partition coefficient (Wildman–Crippen LogP) is 0.786. The highest BCUT2D eigenvalue weighted by Gasteiger charge is 2.21. The standard InChI is InChI=1S/C11H11ClN2O5/c1-5(9(16)14-11(13)18)19-10(17)7-3-2-6(12)4-8(7)15/h2-5,15H,1H3,(H3,13,14,16,18)/t5-/m1/s1. The number of ether oxygens (including phenoxy) is 1. The molecule has 1 aromatic rings. The van der Waals surface area contributed by atoms with Gasteiger partial charge in [-0.1, -0.05) is 11.6 Å². The fraction of sp³-hybridized carbons (Fsp3) is 0.182. The van der Waals surface area contributed by atoms with Crippen LogP contribution in [0.1, 0.15) is 17.3 Å². The maximum Gasteiger partial charge on any atom is 0.342 e. The molecule has 0 aliphatic carbocycles. The molecular weight excluding hydrogens is 276 g/mol. The molecule has 1 aromatic carbocycles. The van der Waals surface area contributed by atoms with Crippen LogP contribution >= 0.6 is 11.6 Å². The molecule has 0 bridgehead atoms. The zero-order valence-electron chi connectivity index (χ0n) is 9.84. The van der Waals surface area contributed by atoms with Crippen LogP contribution in [0.15, 0.2) is 18.2 Å². The Labute approximate surface area is 113 Å². The zero-order valence-corrected chi connectivity index (χ0v) is 10.6. The Balaban J connectivity index is 2.74. The van der Waals surface area contributed by atoms with Crippen LogP contribution in [-0.2, 0) is 9.53 Å². The Hall–Kier alpha value is -2.28. The van der Waals surface area contributed by atoms with E-state index in [-0.39, 0.29) is 16.3 Å². The molecule has 1 atom stereocenters. The number of hydrogen-bond acceptors (Lipinski definition) is 5. The van der Waals surface area contributed by atoms with Crippen LogP contribution in [0.25, 0.3) is 0 Å². The second-order valence-electron chi connectivity index (χ2n) is 3.56. The lowest BCUT2D eigenvalue weighted by atomic mass is 10.2. The maximum absolute atomic E-state index is 11.7. The number of imide groups is 1. The van der Waals surface area contributed by atoms with Crippen LogP contribution in [0.3, 0.4) is 0 Å². The molecule has 3 amide bonds. The van der Waals surface area contributed by atoms with E-state index in [1.165, 1.54) is 19.1 Å². The summed E-state index contributed by atoms with van der Waals surface area (Å²) in [6.45, 7) is 1.25. The number of carbonyl (C=O) groups excluding carboxylic acids is 3. The number of esters is 1. The summed E-state index contributed by atoms with van der Waals surface area (Å²) >= 11 is 5.61. The Morgan fingerprint density at radius 1 is 1.42 bits per heavy atom. The number of nitrogens with one attached hydrogen (secondary N) is 1. The molecule has 7 nitrogen and oxygen atoms in total. The number of aromatic hydroxyl groups is 1. The number of phenolic OH excluding ortho intramolecular Hbond substituents is 1. The highest BCUT2D eigenvalue weighted by Crippen LogP contribution is 2.22. The molecule has 0 fully saturated rings. The van der Waals surface area contributed by atoms with Crippen molar-refractivity contribution in [3.63, 3.8) is 0 Å². The van der Waals surface area contributed by atoms with Gasteiger partial charge in [-0.25, -0.2) is 9.59 Å². The zero-order chi connectivity index (χ0) is 14.6. The van der Waals surface area contributed by atoms with Crippen molar-refractivity contribution in [3.8, 4) is 5.75 Å². The minimum atomic E-state index is -1.24. The number of amides is 3. The summed E-state index contributed by atoms with van der Waals surface area (Å²) < 4.78 is 4.76. The Kier molecular flexibility index (Phi) is 4.71. The molecule has 0 aromatic heterocycles. The van der Waals surface area contributed by atoms with E-state index in [9.17, 15) is 19.5 Å². The molecule has 1 rings (SSSR count). The number of benzene rings is 1. The van der Waals surface area contributed by atoms with Crippen molar-refractivity contribution in [2.24, 2.45) is 5.73 Å². The molecule has 0 saturated heterocycles. The van der Waals surface area contributed by atoms with Gasteiger partial charge in [0.15, 0.2) is 6.10 Å². The summed E-state index contributed by atoms with van der Waals surface area (Å²) in [6.07, 6.45) is -1.24. The van der Waals surface area contributed by atoms with Crippen LogP contribution in [0.2, 0.25) is 5.02 Å². The summed E-state index contributed by atoms with van der Waals surface area (Å²) in [7, 11) is 0. The second kappa shape index (κ2) is 6.05. The predicted molar refractivity (Wildman–Crippen MR) is 65.7 cm³/mol. The molecule has 0 heterocycles. The lowest BCUT2D eigenvalue weighted by molar-refractivity contribution is -0.127. The number of carbonyl (C=O) groups is 3. The third-order valence-electron chi connectivity index (χ3n) is 2.08. The quantitative estimate of drug-likeness (QED) is 0.710. The van der Waals surface area contributed by atoms with E-state index in [0.29, 0.717) is 0 Å². The van der Waals surface area contributed by atoms with Crippen LogP contribution in [0, 0.1) is 0 Å². The largest absolute Gasteiger partial charge is 0.507 e. The molecule has 0 spiro atoms. The van der Waals surface area contributed by atoms with Crippen molar-refractivity contribution in [2.75, 3.05) is 0 Å². The normalized spacial score (nSPS) is 11.5. The third kappa shape index (κ3) is 4.14. The Morgan fingerprint density at radius 2 is 2.05 bits per heavy atom. The fourth-order valence-corrected chi connectivity index (χ4v) is 1.34. The number of rotatable bonds is 3. The van der Waals surface area contributed by atoms with Crippen LogP contribution < -0.4 is 11.1 Å². The lowest BCUT2D eigenvalue weighted by Crippen LogP contribution is -2.42. The molecule has 0 unspecified atom stereocenters. The number of nitrogens with two attached hydrogens (primary N) is 1. The molecule has 0 radical (unpaired) electrons. The van der Waals surface area contributed by atoms with E-state index in [1.54, 1.807) is 5.32 Å². The second-order valence-corrected chi connectivity index (χ2v) is 4.00. The van der Waals surface area contributed by atoms with Gasteiger partial charge < -0.3 is 15.6 Å². The van der Waals surface area contributed by atoms with Crippen molar-refractivity contribution in [1.82, 2.24) is 5.32 Å². The SMILES string of the molecule is C[C@@H](OC(=O)c1ccc(Cl)cc1O)C(=O)NC(N)=O. The van der Waals surface area contributed by atoms with E-state index in [2.05, 4.69) is 0 Å².